The fraction of sp³-hybridized carbons (Fsp3) is 0.259. The lowest BCUT2D eigenvalue weighted by Crippen LogP contribution is -2.51. The Hall–Kier alpha value is -3.71. The van der Waals surface area contributed by atoms with E-state index >= 15 is 0 Å². The third kappa shape index (κ3) is 7.39. The van der Waals surface area contributed by atoms with Crippen molar-refractivity contribution >= 4 is 29.1 Å². The number of nitro benzene ring substituents is 1. The summed E-state index contributed by atoms with van der Waals surface area (Å²) < 4.78 is 0. The fourth-order valence-electron chi connectivity index (χ4n) is 3.81. The van der Waals surface area contributed by atoms with E-state index < -0.39 is 11.0 Å². The van der Waals surface area contributed by atoms with Crippen LogP contribution in [0.3, 0.4) is 0 Å². The number of rotatable bonds is 11. The Labute approximate surface area is 209 Å². The maximum atomic E-state index is 13.7. The normalized spacial score (nSPS) is 11.5. The third-order valence-corrected chi connectivity index (χ3v) is 5.87. The van der Waals surface area contributed by atoms with Crippen LogP contribution in [0.1, 0.15) is 30.0 Å². The molecule has 0 unspecified atom stereocenters. The Morgan fingerprint density at radius 2 is 1.63 bits per heavy atom. The minimum atomic E-state index is -0.796. The van der Waals surface area contributed by atoms with Gasteiger partial charge < -0.3 is 10.2 Å². The minimum Gasteiger partial charge on any atom is -0.354 e. The fourth-order valence-corrected chi connectivity index (χ4v) is 3.94. The first-order chi connectivity index (χ1) is 16.9. The zero-order valence-electron chi connectivity index (χ0n) is 19.5. The third-order valence-electron chi connectivity index (χ3n) is 5.62. The quantitative estimate of drug-likeness (QED) is 0.302. The van der Waals surface area contributed by atoms with E-state index in [0.717, 1.165) is 17.5 Å². The van der Waals surface area contributed by atoms with Gasteiger partial charge >= 0.3 is 0 Å². The second kappa shape index (κ2) is 12.7. The first kappa shape index (κ1) is 25.9. The van der Waals surface area contributed by atoms with Gasteiger partial charge in [0, 0.05) is 36.2 Å². The Morgan fingerprint density at radius 3 is 2.29 bits per heavy atom. The number of hydrogen-bond donors (Lipinski definition) is 1. The molecule has 7 nitrogen and oxygen atoms in total. The van der Waals surface area contributed by atoms with E-state index in [4.69, 9.17) is 11.6 Å². The average Bonchev–Trinajstić information content (AvgIpc) is 2.86. The largest absolute Gasteiger partial charge is 0.354 e. The Bertz CT molecular complexity index is 1150. The molecule has 0 radical (unpaired) electrons. The molecule has 2 amide bonds. The molecule has 0 saturated heterocycles. The maximum Gasteiger partial charge on any atom is 0.273 e. The Morgan fingerprint density at radius 1 is 0.971 bits per heavy atom. The molecule has 35 heavy (non-hydrogen) atoms. The zero-order chi connectivity index (χ0) is 25.2. The number of benzene rings is 3. The van der Waals surface area contributed by atoms with Crippen LogP contribution in [0, 0.1) is 10.1 Å². The topological polar surface area (TPSA) is 92.6 Å². The van der Waals surface area contributed by atoms with Crippen LogP contribution in [0.25, 0.3) is 0 Å². The summed E-state index contributed by atoms with van der Waals surface area (Å²) in [6.07, 6.45) is 0.870. The molecule has 182 valence electrons. The molecule has 1 atom stereocenters. The summed E-state index contributed by atoms with van der Waals surface area (Å²) in [4.78, 5) is 39.5. The van der Waals surface area contributed by atoms with E-state index in [1.165, 1.54) is 11.0 Å². The van der Waals surface area contributed by atoms with E-state index in [-0.39, 0.29) is 30.5 Å². The molecule has 3 aromatic rings. The van der Waals surface area contributed by atoms with E-state index in [2.05, 4.69) is 5.32 Å². The predicted octanol–water partition coefficient (Wildman–Crippen LogP) is 4.96. The molecule has 0 saturated carbocycles. The lowest BCUT2D eigenvalue weighted by molar-refractivity contribution is -0.385. The van der Waals surface area contributed by atoms with Gasteiger partial charge in [-0.1, -0.05) is 79.2 Å². The van der Waals surface area contributed by atoms with Gasteiger partial charge in [-0.25, -0.2) is 0 Å². The van der Waals surface area contributed by atoms with Crippen molar-refractivity contribution in [2.75, 3.05) is 6.54 Å². The summed E-state index contributed by atoms with van der Waals surface area (Å²) in [7, 11) is 0. The number of nitrogens with one attached hydrogen (secondary N) is 1. The number of carbonyl (C=O) groups is 2. The summed E-state index contributed by atoms with van der Waals surface area (Å²) in [5.74, 6) is -0.637. The van der Waals surface area contributed by atoms with Gasteiger partial charge in [0.05, 0.1) is 11.3 Å². The van der Waals surface area contributed by atoms with E-state index in [1.807, 2.05) is 37.3 Å². The molecule has 1 N–H and O–H groups in total. The van der Waals surface area contributed by atoms with Gasteiger partial charge in [-0.3, -0.25) is 19.7 Å². The van der Waals surface area contributed by atoms with Crippen LogP contribution < -0.4 is 5.32 Å². The van der Waals surface area contributed by atoms with E-state index in [0.29, 0.717) is 23.6 Å². The van der Waals surface area contributed by atoms with Crippen LogP contribution in [0.2, 0.25) is 5.02 Å². The average molecular weight is 494 g/mol. The summed E-state index contributed by atoms with van der Waals surface area (Å²) in [5, 5.41) is 15.0. The molecule has 0 aliphatic rings. The standard InChI is InChI=1S/C27H28ClN3O4/c1-2-16-29-27(33)25(17-20-8-4-3-5-9-20)30(19-21-12-14-23(28)15-13-21)26(32)18-22-10-6-7-11-24(22)31(34)35/h3-15,25H,2,16-19H2,1H3,(H,29,33)/t25-/m0/s1. The lowest BCUT2D eigenvalue weighted by Gasteiger charge is -2.31. The number of halogens is 1. The SMILES string of the molecule is CCCNC(=O)[C@H](Cc1ccccc1)N(Cc1ccc(Cl)cc1)C(=O)Cc1ccccc1[N+](=O)[O-]. The smallest absolute Gasteiger partial charge is 0.273 e. The first-order valence-electron chi connectivity index (χ1n) is 11.5. The van der Waals surface area contributed by atoms with Gasteiger partial charge in [-0.15, -0.1) is 0 Å². The summed E-state index contributed by atoms with van der Waals surface area (Å²) in [6.45, 7) is 2.60. The highest BCUT2D eigenvalue weighted by Crippen LogP contribution is 2.22. The summed E-state index contributed by atoms with van der Waals surface area (Å²) in [6, 6.07) is 21.9. The Balaban J connectivity index is 1.99. The molecule has 8 heteroatoms. The monoisotopic (exact) mass is 493 g/mol. The minimum absolute atomic E-state index is 0.123. The highest BCUT2D eigenvalue weighted by atomic mass is 35.5. The lowest BCUT2D eigenvalue weighted by atomic mass is 10.0. The maximum absolute atomic E-state index is 13.7. The van der Waals surface area contributed by atoms with Crippen molar-refractivity contribution in [3.05, 3.63) is 111 Å². The van der Waals surface area contributed by atoms with Crippen LogP contribution >= 0.6 is 11.6 Å². The van der Waals surface area contributed by atoms with Gasteiger partial charge in [0.25, 0.3) is 5.69 Å². The van der Waals surface area contributed by atoms with Gasteiger partial charge in [0.2, 0.25) is 11.8 Å². The van der Waals surface area contributed by atoms with Crippen molar-refractivity contribution in [3.63, 3.8) is 0 Å². The molecular formula is C27H28ClN3O4. The number of nitrogens with zero attached hydrogens (tertiary/aromatic N) is 2. The first-order valence-corrected chi connectivity index (χ1v) is 11.8. The number of amides is 2. The Kier molecular flexibility index (Phi) is 9.38. The zero-order valence-corrected chi connectivity index (χ0v) is 20.3. The summed E-state index contributed by atoms with van der Waals surface area (Å²) in [5.41, 5.74) is 1.88. The number of hydrogen-bond acceptors (Lipinski definition) is 4. The highest BCUT2D eigenvalue weighted by molar-refractivity contribution is 6.30. The number of carbonyl (C=O) groups excluding carboxylic acids is 2. The molecule has 3 aromatic carbocycles. The number of para-hydroxylation sites is 1. The van der Waals surface area contributed by atoms with E-state index in [1.54, 1.807) is 42.5 Å². The molecule has 3 rings (SSSR count). The number of nitro groups is 1. The van der Waals surface area contributed by atoms with Crippen molar-refractivity contribution in [3.8, 4) is 0 Å². The van der Waals surface area contributed by atoms with Crippen LogP contribution in [0.4, 0.5) is 5.69 Å². The van der Waals surface area contributed by atoms with Crippen LogP contribution in [-0.2, 0) is 29.0 Å². The van der Waals surface area contributed by atoms with Crippen LogP contribution in [-0.4, -0.2) is 34.2 Å². The van der Waals surface area contributed by atoms with Gasteiger partial charge in [0.1, 0.15) is 6.04 Å². The van der Waals surface area contributed by atoms with Crippen molar-refractivity contribution in [1.82, 2.24) is 10.2 Å². The van der Waals surface area contributed by atoms with Crippen LogP contribution in [0.5, 0.6) is 0 Å². The van der Waals surface area contributed by atoms with E-state index in [9.17, 15) is 19.7 Å². The van der Waals surface area contributed by atoms with Crippen molar-refractivity contribution in [1.29, 1.82) is 0 Å². The van der Waals surface area contributed by atoms with Crippen molar-refractivity contribution < 1.29 is 14.5 Å². The van der Waals surface area contributed by atoms with Gasteiger partial charge in [-0.2, -0.15) is 0 Å². The predicted molar refractivity (Wildman–Crippen MR) is 136 cm³/mol. The van der Waals surface area contributed by atoms with Crippen LogP contribution in [0.15, 0.2) is 78.9 Å². The second-order valence-corrected chi connectivity index (χ2v) is 8.64. The van der Waals surface area contributed by atoms with Gasteiger partial charge in [0.15, 0.2) is 0 Å². The molecule has 0 spiro atoms. The molecule has 0 fully saturated rings. The molecular weight excluding hydrogens is 466 g/mol. The molecule has 0 aliphatic heterocycles. The van der Waals surface area contributed by atoms with Gasteiger partial charge in [-0.05, 0) is 29.7 Å². The highest BCUT2D eigenvalue weighted by Gasteiger charge is 2.31. The molecule has 0 aliphatic carbocycles. The molecule has 0 bridgehead atoms. The van der Waals surface area contributed by atoms with Crippen molar-refractivity contribution in [2.45, 2.75) is 38.8 Å². The molecule has 0 heterocycles. The second-order valence-electron chi connectivity index (χ2n) is 8.21. The summed E-state index contributed by atoms with van der Waals surface area (Å²) >= 11 is 6.03. The molecule has 0 aromatic heterocycles. The van der Waals surface area contributed by atoms with Crippen molar-refractivity contribution in [2.24, 2.45) is 0 Å².